The minimum atomic E-state index is -0.739. The van der Waals surface area contributed by atoms with Gasteiger partial charge >= 0.3 is 0 Å². The van der Waals surface area contributed by atoms with E-state index in [1.54, 1.807) is 0 Å². The molecule has 1 aliphatic rings. The molecule has 0 saturated heterocycles. The third-order valence-corrected chi connectivity index (χ3v) is 4.86. The summed E-state index contributed by atoms with van der Waals surface area (Å²) in [7, 11) is 0. The number of rotatable bonds is 8. The van der Waals surface area contributed by atoms with Crippen LogP contribution < -0.4 is 21.3 Å². The molecule has 0 aromatic heterocycles. The molecule has 6 N–H and O–H groups in total. The fraction of sp³-hybridized carbons (Fsp3) is 0.167. The molecule has 32 heavy (non-hydrogen) atoms. The van der Waals surface area contributed by atoms with Crippen molar-refractivity contribution in [1.82, 2.24) is 10.6 Å². The van der Waals surface area contributed by atoms with E-state index in [1.807, 2.05) is 24.3 Å². The molecule has 0 aliphatic carbocycles. The summed E-state index contributed by atoms with van der Waals surface area (Å²) in [5.74, 6) is -0.0626. The monoisotopic (exact) mass is 429 g/mol. The van der Waals surface area contributed by atoms with Gasteiger partial charge < -0.3 is 16.5 Å². The van der Waals surface area contributed by atoms with E-state index >= 15 is 0 Å². The van der Waals surface area contributed by atoms with Crippen LogP contribution >= 0.6 is 0 Å². The minimum Gasteiger partial charge on any atom is -0.372 e. The molecule has 8 nitrogen and oxygen atoms in total. The van der Waals surface area contributed by atoms with Gasteiger partial charge in [0, 0.05) is 13.1 Å². The van der Waals surface area contributed by atoms with Crippen LogP contribution in [0.3, 0.4) is 0 Å². The number of aliphatic imine (C=N–C) groups is 1. The first-order chi connectivity index (χ1) is 15.4. The van der Waals surface area contributed by atoms with Gasteiger partial charge in [0.05, 0.1) is 17.1 Å². The fourth-order valence-electron chi connectivity index (χ4n) is 3.24. The molecule has 0 radical (unpaired) electrons. The maximum Gasteiger partial charge on any atom is 0.277 e. The molecule has 0 fully saturated rings. The Bertz CT molecular complexity index is 1070. The van der Waals surface area contributed by atoms with E-state index in [0.29, 0.717) is 19.5 Å². The SMILES string of the molecule is C=C(NCCCN=C(N)NC(=O)C(=N)C(C)=N)N1c2ccccc2C=Cc2ccccc21. The molecule has 164 valence electrons. The Morgan fingerprint density at radius 2 is 1.62 bits per heavy atom. The summed E-state index contributed by atoms with van der Waals surface area (Å²) < 4.78 is 0. The first-order valence-electron chi connectivity index (χ1n) is 10.2. The molecule has 0 bridgehead atoms. The molecular formula is C24H27N7O. The maximum absolute atomic E-state index is 11.7. The van der Waals surface area contributed by atoms with Gasteiger partial charge in [-0.15, -0.1) is 0 Å². The topological polar surface area (TPSA) is 130 Å². The summed E-state index contributed by atoms with van der Waals surface area (Å²) in [5, 5.41) is 20.4. The third-order valence-electron chi connectivity index (χ3n) is 4.86. The van der Waals surface area contributed by atoms with Gasteiger partial charge in [0.2, 0.25) is 0 Å². The molecular weight excluding hydrogens is 402 g/mol. The molecule has 1 aliphatic heterocycles. The molecule has 0 spiro atoms. The summed E-state index contributed by atoms with van der Waals surface area (Å²) in [5.41, 5.74) is 9.41. The maximum atomic E-state index is 11.7. The van der Waals surface area contributed by atoms with E-state index in [2.05, 4.69) is 63.5 Å². The van der Waals surface area contributed by atoms with Crippen LogP contribution in [0.25, 0.3) is 12.2 Å². The zero-order valence-electron chi connectivity index (χ0n) is 18.0. The van der Waals surface area contributed by atoms with Gasteiger partial charge in [-0.25, -0.2) is 0 Å². The number of anilines is 2. The highest BCUT2D eigenvalue weighted by atomic mass is 16.2. The number of carbonyl (C=O) groups is 1. The summed E-state index contributed by atoms with van der Waals surface area (Å²) in [6, 6.07) is 16.3. The molecule has 2 aromatic rings. The predicted molar refractivity (Wildman–Crippen MR) is 131 cm³/mol. The van der Waals surface area contributed by atoms with Gasteiger partial charge in [0.1, 0.15) is 11.5 Å². The minimum absolute atomic E-state index is 0.0683. The molecule has 0 unspecified atom stereocenters. The van der Waals surface area contributed by atoms with Crippen LogP contribution in [0.15, 0.2) is 65.9 Å². The molecule has 3 rings (SSSR count). The Hall–Kier alpha value is -4.20. The zero-order valence-corrected chi connectivity index (χ0v) is 18.0. The van der Waals surface area contributed by atoms with Crippen molar-refractivity contribution in [3.05, 3.63) is 72.1 Å². The van der Waals surface area contributed by atoms with Gasteiger partial charge in [0.25, 0.3) is 5.91 Å². The normalized spacial score (nSPS) is 12.3. The van der Waals surface area contributed by atoms with E-state index in [4.69, 9.17) is 16.6 Å². The second kappa shape index (κ2) is 10.2. The number of carbonyl (C=O) groups excluding carboxylic acids is 1. The van der Waals surface area contributed by atoms with E-state index in [1.165, 1.54) is 6.92 Å². The molecule has 1 amide bonds. The highest BCUT2D eigenvalue weighted by Crippen LogP contribution is 2.37. The van der Waals surface area contributed by atoms with Crippen molar-refractivity contribution in [2.24, 2.45) is 10.7 Å². The summed E-state index contributed by atoms with van der Waals surface area (Å²) in [6.45, 7) is 6.61. The summed E-state index contributed by atoms with van der Waals surface area (Å²) in [4.78, 5) is 17.9. The molecule has 2 aromatic carbocycles. The predicted octanol–water partition coefficient (Wildman–Crippen LogP) is 3.25. The Balaban J connectivity index is 1.60. The molecule has 0 atom stereocenters. The van der Waals surface area contributed by atoms with Gasteiger partial charge in [-0.2, -0.15) is 0 Å². The van der Waals surface area contributed by atoms with Crippen molar-refractivity contribution in [3.8, 4) is 0 Å². The average molecular weight is 430 g/mol. The second-order valence-electron chi connectivity index (χ2n) is 7.23. The van der Waals surface area contributed by atoms with Gasteiger partial charge in [-0.1, -0.05) is 55.1 Å². The van der Waals surface area contributed by atoms with Crippen LogP contribution in [-0.2, 0) is 4.79 Å². The van der Waals surface area contributed by atoms with Crippen LogP contribution in [0.5, 0.6) is 0 Å². The lowest BCUT2D eigenvalue weighted by molar-refractivity contribution is -0.113. The lowest BCUT2D eigenvalue weighted by Crippen LogP contribution is -2.42. The zero-order chi connectivity index (χ0) is 23.1. The Labute approximate surface area is 187 Å². The van der Waals surface area contributed by atoms with Gasteiger partial charge in [-0.05, 0) is 36.6 Å². The number of fused-ring (bicyclic) bond motifs is 2. The van der Waals surface area contributed by atoms with Crippen LogP contribution in [0, 0.1) is 10.8 Å². The van der Waals surface area contributed by atoms with Crippen LogP contribution in [0.4, 0.5) is 11.4 Å². The van der Waals surface area contributed by atoms with Gasteiger partial charge in [-0.3, -0.25) is 25.4 Å². The van der Waals surface area contributed by atoms with Crippen LogP contribution in [-0.4, -0.2) is 36.4 Å². The number of hydrogen-bond donors (Lipinski definition) is 5. The fourth-order valence-corrected chi connectivity index (χ4v) is 3.24. The Morgan fingerprint density at radius 3 is 2.19 bits per heavy atom. The van der Waals surface area contributed by atoms with Gasteiger partial charge in [0.15, 0.2) is 5.96 Å². The highest BCUT2D eigenvalue weighted by molar-refractivity contribution is 6.65. The Kier molecular flexibility index (Phi) is 7.17. The number of amides is 1. The summed E-state index contributed by atoms with van der Waals surface area (Å²) >= 11 is 0. The quantitative estimate of drug-likeness (QED) is 0.250. The van der Waals surface area contributed by atoms with E-state index < -0.39 is 11.6 Å². The Morgan fingerprint density at radius 1 is 1.06 bits per heavy atom. The van der Waals surface area contributed by atoms with Crippen molar-refractivity contribution in [3.63, 3.8) is 0 Å². The van der Waals surface area contributed by atoms with Crippen LogP contribution in [0.1, 0.15) is 24.5 Å². The number of nitrogens with two attached hydrogens (primary N) is 1. The third kappa shape index (κ3) is 5.28. The average Bonchev–Trinajstić information content (AvgIpc) is 2.95. The molecule has 1 heterocycles. The second-order valence-corrected chi connectivity index (χ2v) is 7.23. The molecule has 8 heteroatoms. The lowest BCUT2D eigenvalue weighted by atomic mass is 10.1. The summed E-state index contributed by atoms with van der Waals surface area (Å²) in [6.07, 6.45) is 4.87. The highest BCUT2D eigenvalue weighted by Gasteiger charge is 2.19. The number of hydrogen-bond acceptors (Lipinski definition) is 6. The van der Waals surface area contributed by atoms with Crippen molar-refractivity contribution < 1.29 is 4.79 Å². The van der Waals surface area contributed by atoms with Crippen molar-refractivity contribution in [2.75, 3.05) is 18.0 Å². The first-order valence-corrected chi connectivity index (χ1v) is 10.2. The number of para-hydroxylation sites is 2. The van der Waals surface area contributed by atoms with Crippen molar-refractivity contribution in [1.29, 1.82) is 10.8 Å². The molecule has 0 saturated carbocycles. The number of guanidine groups is 1. The smallest absolute Gasteiger partial charge is 0.277 e. The lowest BCUT2D eigenvalue weighted by Gasteiger charge is -2.29. The number of nitrogens with one attached hydrogen (secondary N) is 4. The first kappa shape index (κ1) is 22.5. The van der Waals surface area contributed by atoms with E-state index in [0.717, 1.165) is 28.3 Å². The van der Waals surface area contributed by atoms with E-state index in [9.17, 15) is 4.79 Å². The van der Waals surface area contributed by atoms with Crippen LogP contribution in [0.2, 0.25) is 0 Å². The largest absolute Gasteiger partial charge is 0.372 e. The van der Waals surface area contributed by atoms with E-state index in [-0.39, 0.29) is 11.7 Å². The van der Waals surface area contributed by atoms with Crippen molar-refractivity contribution >= 4 is 46.8 Å². The number of nitrogens with zero attached hydrogens (tertiary/aromatic N) is 2. The van der Waals surface area contributed by atoms with Crippen molar-refractivity contribution in [2.45, 2.75) is 13.3 Å². The number of benzene rings is 2. The standard InChI is InChI=1S/C24H27N7O/c1-16(25)22(26)23(32)30-24(27)29-15-7-14-28-17(2)31-20-10-5-3-8-18(20)12-13-19-9-4-6-11-21(19)31/h3-6,8-13,25-26,28H,2,7,14-15H2,1H3,(H3,27,29,30,32).